The minimum absolute atomic E-state index is 0.0257. The van der Waals surface area contributed by atoms with E-state index < -0.39 is 10.0 Å². The summed E-state index contributed by atoms with van der Waals surface area (Å²) >= 11 is 0. The van der Waals surface area contributed by atoms with Crippen LogP contribution in [0, 0.1) is 5.92 Å². The van der Waals surface area contributed by atoms with Crippen LogP contribution in [0.4, 0.5) is 0 Å². The van der Waals surface area contributed by atoms with E-state index in [1.54, 1.807) is 16.4 Å². The Morgan fingerprint density at radius 3 is 2.43 bits per heavy atom. The van der Waals surface area contributed by atoms with Crippen LogP contribution in [0.3, 0.4) is 0 Å². The number of nitrogens with two attached hydrogens (primary N) is 1. The van der Waals surface area contributed by atoms with Crippen LogP contribution < -0.4 is 5.73 Å². The van der Waals surface area contributed by atoms with E-state index in [2.05, 4.69) is 13.8 Å². The van der Waals surface area contributed by atoms with Gasteiger partial charge in [-0.25, -0.2) is 8.42 Å². The number of nitrogens with zero attached hydrogens (tertiary/aromatic N) is 1. The van der Waals surface area contributed by atoms with E-state index in [1.165, 1.54) is 5.56 Å². The van der Waals surface area contributed by atoms with Gasteiger partial charge in [0.25, 0.3) is 0 Å². The molecular formula is C16H26N2O2S. The van der Waals surface area contributed by atoms with Gasteiger partial charge in [0.1, 0.15) is 0 Å². The average molecular weight is 310 g/mol. The number of rotatable bonds is 5. The van der Waals surface area contributed by atoms with Crippen molar-refractivity contribution >= 4 is 10.0 Å². The van der Waals surface area contributed by atoms with Gasteiger partial charge in [-0.1, -0.05) is 26.0 Å². The summed E-state index contributed by atoms with van der Waals surface area (Å²) < 4.78 is 27.1. The maximum Gasteiger partial charge on any atom is 0.243 e. The smallest absolute Gasteiger partial charge is 0.243 e. The predicted octanol–water partition coefficient (Wildman–Crippen LogP) is 2.56. The van der Waals surface area contributed by atoms with Crippen LogP contribution in [0.15, 0.2) is 29.2 Å². The molecule has 1 fully saturated rings. The molecule has 1 saturated heterocycles. The van der Waals surface area contributed by atoms with Crippen molar-refractivity contribution in [2.75, 3.05) is 13.1 Å². The summed E-state index contributed by atoms with van der Waals surface area (Å²) in [7, 11) is -3.40. The predicted molar refractivity (Wildman–Crippen MR) is 85.7 cm³/mol. The molecule has 0 aliphatic carbocycles. The van der Waals surface area contributed by atoms with Crippen LogP contribution in [-0.2, 0) is 10.0 Å². The first-order chi connectivity index (χ1) is 9.90. The highest BCUT2D eigenvalue weighted by Gasteiger charge is 2.37. The molecule has 0 radical (unpaired) electrons. The van der Waals surface area contributed by atoms with Crippen LogP contribution >= 0.6 is 0 Å². The third kappa shape index (κ3) is 3.30. The van der Waals surface area contributed by atoms with Crippen LogP contribution in [0.5, 0.6) is 0 Å². The van der Waals surface area contributed by atoms with Gasteiger partial charge >= 0.3 is 0 Å². The molecule has 1 heterocycles. The topological polar surface area (TPSA) is 63.4 Å². The molecule has 2 N–H and O–H groups in total. The summed E-state index contributed by atoms with van der Waals surface area (Å²) in [5.41, 5.74) is 6.87. The Morgan fingerprint density at radius 2 is 1.95 bits per heavy atom. The van der Waals surface area contributed by atoms with Gasteiger partial charge < -0.3 is 5.73 Å². The highest BCUT2D eigenvalue weighted by molar-refractivity contribution is 7.89. The highest BCUT2D eigenvalue weighted by atomic mass is 32.2. The molecule has 1 aromatic carbocycles. The Labute approximate surface area is 128 Å². The number of hydrogen-bond donors (Lipinski definition) is 1. The van der Waals surface area contributed by atoms with E-state index in [4.69, 9.17) is 5.73 Å². The molecule has 3 atom stereocenters. The molecule has 1 aromatic rings. The van der Waals surface area contributed by atoms with E-state index in [9.17, 15) is 8.42 Å². The lowest BCUT2D eigenvalue weighted by Crippen LogP contribution is -2.34. The number of hydrogen-bond acceptors (Lipinski definition) is 3. The molecule has 5 heteroatoms. The van der Waals surface area contributed by atoms with E-state index in [0.717, 1.165) is 12.8 Å². The lowest BCUT2D eigenvalue weighted by molar-refractivity contribution is 0.404. The molecular weight excluding hydrogens is 284 g/mol. The monoisotopic (exact) mass is 310 g/mol. The highest BCUT2D eigenvalue weighted by Crippen LogP contribution is 2.29. The Hall–Kier alpha value is -0.910. The van der Waals surface area contributed by atoms with Crippen molar-refractivity contribution in [1.82, 2.24) is 4.31 Å². The molecule has 0 spiro atoms. The van der Waals surface area contributed by atoms with Crippen molar-refractivity contribution in [3.8, 4) is 0 Å². The third-order valence-electron chi connectivity index (χ3n) is 4.61. The molecule has 0 saturated carbocycles. The minimum atomic E-state index is -3.40. The lowest BCUT2D eigenvalue weighted by atomic mass is 9.99. The molecule has 118 valence electrons. The van der Waals surface area contributed by atoms with E-state index in [0.29, 0.717) is 23.9 Å². The second kappa shape index (κ2) is 6.46. The van der Waals surface area contributed by atoms with Gasteiger partial charge in [0.2, 0.25) is 10.0 Å². The van der Waals surface area contributed by atoms with Crippen molar-refractivity contribution in [2.45, 2.75) is 50.5 Å². The Morgan fingerprint density at radius 1 is 1.33 bits per heavy atom. The van der Waals surface area contributed by atoms with E-state index >= 15 is 0 Å². The fraction of sp³-hybridized carbons (Fsp3) is 0.625. The zero-order valence-electron chi connectivity index (χ0n) is 13.1. The van der Waals surface area contributed by atoms with Crippen molar-refractivity contribution in [2.24, 2.45) is 11.7 Å². The summed E-state index contributed by atoms with van der Waals surface area (Å²) in [6, 6.07) is 7.36. The second-order valence-corrected chi connectivity index (χ2v) is 8.03. The van der Waals surface area contributed by atoms with Crippen LogP contribution in [-0.4, -0.2) is 31.9 Å². The van der Waals surface area contributed by atoms with Gasteiger partial charge in [-0.3, -0.25) is 0 Å². The zero-order chi connectivity index (χ0) is 15.6. The second-order valence-electron chi connectivity index (χ2n) is 6.14. The summed E-state index contributed by atoms with van der Waals surface area (Å²) in [5, 5.41) is 0. The van der Waals surface area contributed by atoms with Crippen molar-refractivity contribution in [3.63, 3.8) is 0 Å². The fourth-order valence-electron chi connectivity index (χ4n) is 2.95. The fourth-order valence-corrected chi connectivity index (χ4v) is 4.67. The van der Waals surface area contributed by atoms with Gasteiger partial charge in [-0.05, 0) is 55.8 Å². The third-order valence-corrected chi connectivity index (χ3v) is 6.60. The average Bonchev–Trinajstić information content (AvgIpc) is 2.88. The van der Waals surface area contributed by atoms with E-state index in [-0.39, 0.29) is 12.0 Å². The maximum atomic E-state index is 12.7. The Kier molecular flexibility index (Phi) is 5.07. The first-order valence-corrected chi connectivity index (χ1v) is 9.16. The first-order valence-electron chi connectivity index (χ1n) is 7.72. The van der Waals surface area contributed by atoms with Crippen molar-refractivity contribution in [3.05, 3.63) is 29.8 Å². The molecule has 21 heavy (non-hydrogen) atoms. The molecule has 3 unspecified atom stereocenters. The van der Waals surface area contributed by atoms with Crippen molar-refractivity contribution in [1.29, 1.82) is 0 Å². The molecule has 0 amide bonds. The van der Waals surface area contributed by atoms with Gasteiger partial charge in [-0.15, -0.1) is 0 Å². The summed E-state index contributed by atoms with van der Waals surface area (Å²) in [5.74, 6) is 0.725. The maximum absolute atomic E-state index is 12.7. The van der Waals surface area contributed by atoms with E-state index in [1.807, 2.05) is 19.1 Å². The standard InChI is InChI=1S/C16H26N2O2S/c1-4-12(2)15-5-7-16(8-6-15)21(19,20)18-11-14(10-17)9-13(18)3/h5-8,12-14H,4,9-11,17H2,1-3H3. The summed E-state index contributed by atoms with van der Waals surface area (Å²) in [6.45, 7) is 7.32. The zero-order valence-corrected chi connectivity index (χ0v) is 13.9. The molecule has 4 nitrogen and oxygen atoms in total. The summed E-state index contributed by atoms with van der Waals surface area (Å²) in [4.78, 5) is 0.388. The Bertz CT molecular complexity index is 568. The molecule has 2 rings (SSSR count). The van der Waals surface area contributed by atoms with Crippen LogP contribution in [0.2, 0.25) is 0 Å². The molecule has 0 aromatic heterocycles. The van der Waals surface area contributed by atoms with Gasteiger partial charge in [-0.2, -0.15) is 4.31 Å². The van der Waals surface area contributed by atoms with Crippen molar-refractivity contribution < 1.29 is 8.42 Å². The van der Waals surface area contributed by atoms with Gasteiger partial charge in [0.15, 0.2) is 0 Å². The SMILES string of the molecule is CCC(C)c1ccc(S(=O)(=O)N2CC(CN)CC2C)cc1. The van der Waals surface area contributed by atoms with Crippen LogP contribution in [0.1, 0.15) is 45.1 Å². The first kappa shape index (κ1) is 16.5. The van der Waals surface area contributed by atoms with Crippen LogP contribution in [0.25, 0.3) is 0 Å². The quantitative estimate of drug-likeness (QED) is 0.909. The van der Waals surface area contributed by atoms with Gasteiger partial charge in [0.05, 0.1) is 4.90 Å². The number of sulfonamides is 1. The van der Waals surface area contributed by atoms with Gasteiger partial charge in [0, 0.05) is 12.6 Å². The molecule has 1 aliphatic heterocycles. The molecule has 1 aliphatic rings. The largest absolute Gasteiger partial charge is 0.330 e. The summed E-state index contributed by atoms with van der Waals surface area (Å²) in [6.07, 6.45) is 1.90. The Balaban J connectivity index is 2.24. The molecule has 0 bridgehead atoms. The number of benzene rings is 1. The minimum Gasteiger partial charge on any atom is -0.330 e. The lowest BCUT2D eigenvalue weighted by Gasteiger charge is -2.21. The normalized spacial score (nSPS) is 25.1.